The maximum Gasteiger partial charge on any atom is 0.410 e. The molecule has 0 aromatic rings. The molecule has 0 aromatic heterocycles. The van der Waals surface area contributed by atoms with Gasteiger partial charge in [0.2, 0.25) is 0 Å². The van der Waals surface area contributed by atoms with Gasteiger partial charge in [-0.1, -0.05) is 0 Å². The minimum atomic E-state index is -3.22. The molecule has 1 saturated heterocycles. The summed E-state index contributed by atoms with van der Waals surface area (Å²) in [7, 11) is -2.01. The molecule has 1 aliphatic rings. The van der Waals surface area contributed by atoms with Gasteiger partial charge in [-0.15, -0.1) is 0 Å². The molecular weight excluding hydrogens is 272 g/mol. The third kappa shape index (κ3) is 7.26. The Morgan fingerprint density at radius 3 is 2.20 bits per heavy atom. The van der Waals surface area contributed by atoms with E-state index in [1.807, 2.05) is 19.6 Å². The third-order valence-electron chi connectivity index (χ3n) is 2.02. The summed E-state index contributed by atoms with van der Waals surface area (Å²) in [5.74, 6) is 0. The maximum absolute atomic E-state index is 12.5. The summed E-state index contributed by atoms with van der Waals surface area (Å²) in [4.78, 5) is 12.9. The van der Waals surface area contributed by atoms with E-state index >= 15 is 0 Å². The number of piperazine rings is 1. The van der Waals surface area contributed by atoms with Gasteiger partial charge < -0.3 is 14.1 Å². The van der Waals surface area contributed by atoms with E-state index in [1.165, 1.54) is 20.8 Å². The monoisotopic (exact) mass is 310 g/mol. The topological polar surface area (TPSA) is 42.0 Å². The van der Waals surface area contributed by atoms with Crippen molar-refractivity contribution in [2.75, 3.05) is 39.1 Å². The SMILES string of the molecule is [2H]C1([2H])N(CCO[Si](C)(C)C)C([2H])([2H])C([2H])([2H])N(C(=O)OC(C)(C)C)C1([2H])[2H]. The molecule has 1 aliphatic heterocycles. The Labute approximate surface area is 135 Å². The molecular formula is C14H30N2O3Si. The molecule has 0 aliphatic carbocycles. The fourth-order valence-corrected chi connectivity index (χ4v) is 1.93. The summed E-state index contributed by atoms with van der Waals surface area (Å²) < 4.78 is 76.3. The molecule has 0 radical (unpaired) electrons. The number of carbonyl (C=O) groups is 1. The van der Waals surface area contributed by atoms with Crippen LogP contribution in [0, 0.1) is 0 Å². The van der Waals surface area contributed by atoms with Crippen molar-refractivity contribution < 1.29 is 24.9 Å². The highest BCUT2D eigenvalue weighted by molar-refractivity contribution is 6.69. The number of ether oxygens (including phenoxy) is 1. The normalized spacial score (nSPS) is 34.2. The van der Waals surface area contributed by atoms with Crippen LogP contribution in [0.5, 0.6) is 0 Å². The van der Waals surface area contributed by atoms with Crippen LogP contribution in [-0.2, 0) is 9.16 Å². The van der Waals surface area contributed by atoms with Crippen molar-refractivity contribution in [3.8, 4) is 0 Å². The van der Waals surface area contributed by atoms with E-state index in [4.69, 9.17) is 20.1 Å². The van der Waals surface area contributed by atoms with Crippen LogP contribution >= 0.6 is 0 Å². The van der Waals surface area contributed by atoms with Crippen molar-refractivity contribution in [2.45, 2.75) is 46.0 Å². The van der Waals surface area contributed by atoms with E-state index < -0.39 is 52.5 Å². The quantitative estimate of drug-likeness (QED) is 0.748. The second kappa shape index (κ2) is 6.91. The number of hydrogen-bond acceptors (Lipinski definition) is 4. The van der Waals surface area contributed by atoms with Crippen molar-refractivity contribution >= 4 is 14.4 Å². The summed E-state index contributed by atoms with van der Waals surface area (Å²) in [6.07, 6.45) is -1.48. The molecule has 0 aromatic carbocycles. The van der Waals surface area contributed by atoms with Crippen LogP contribution in [0.2, 0.25) is 19.6 Å². The van der Waals surface area contributed by atoms with Gasteiger partial charge in [-0.2, -0.15) is 0 Å². The fraction of sp³-hybridized carbons (Fsp3) is 0.929. The van der Waals surface area contributed by atoms with Gasteiger partial charge in [0.05, 0.1) is 5.48 Å². The highest BCUT2D eigenvalue weighted by Gasteiger charge is 2.25. The second-order valence-corrected chi connectivity index (χ2v) is 10.9. The smallest absolute Gasteiger partial charge is 0.410 e. The first-order valence-electron chi connectivity index (χ1n) is 10.5. The van der Waals surface area contributed by atoms with Crippen molar-refractivity contribution in [3.63, 3.8) is 0 Å². The average molecular weight is 311 g/mol. The van der Waals surface area contributed by atoms with E-state index in [1.54, 1.807) is 0 Å². The van der Waals surface area contributed by atoms with Gasteiger partial charge in [-0.25, -0.2) is 4.79 Å². The molecule has 20 heavy (non-hydrogen) atoms. The van der Waals surface area contributed by atoms with Gasteiger partial charge in [0.1, 0.15) is 5.60 Å². The molecule has 1 rings (SSSR count). The van der Waals surface area contributed by atoms with E-state index in [0.717, 1.165) is 0 Å². The molecule has 1 amide bonds. The lowest BCUT2D eigenvalue weighted by atomic mass is 10.2. The average Bonchev–Trinajstić information content (AvgIpc) is 2.37. The summed E-state index contributed by atoms with van der Waals surface area (Å²) in [5.41, 5.74) is -1.11. The van der Waals surface area contributed by atoms with Gasteiger partial charge in [-0.3, -0.25) is 4.90 Å². The van der Waals surface area contributed by atoms with Crippen LogP contribution in [0.25, 0.3) is 0 Å². The number of amides is 1. The van der Waals surface area contributed by atoms with Gasteiger partial charge in [-0.05, 0) is 40.4 Å². The molecule has 0 unspecified atom stereocenters. The highest BCUT2D eigenvalue weighted by atomic mass is 28.4. The predicted octanol–water partition coefficient (Wildman–Crippen LogP) is 2.39. The van der Waals surface area contributed by atoms with Crippen LogP contribution in [0.1, 0.15) is 31.7 Å². The molecule has 0 bridgehead atoms. The molecule has 0 N–H and O–H groups in total. The van der Waals surface area contributed by atoms with Crippen LogP contribution in [0.3, 0.4) is 0 Å². The van der Waals surface area contributed by atoms with E-state index in [2.05, 4.69) is 0 Å². The van der Waals surface area contributed by atoms with E-state index in [9.17, 15) is 4.79 Å². The summed E-state index contributed by atoms with van der Waals surface area (Å²) in [6, 6.07) is 0. The molecule has 5 nitrogen and oxygen atoms in total. The number of rotatable bonds is 4. The lowest BCUT2D eigenvalue weighted by Gasteiger charge is -2.35. The Morgan fingerprint density at radius 2 is 1.75 bits per heavy atom. The first-order chi connectivity index (χ1) is 12.1. The molecule has 0 spiro atoms. The highest BCUT2D eigenvalue weighted by Crippen LogP contribution is 2.12. The zero-order valence-electron chi connectivity index (χ0n) is 21.0. The minimum Gasteiger partial charge on any atom is -0.444 e. The van der Waals surface area contributed by atoms with Gasteiger partial charge in [0.15, 0.2) is 8.32 Å². The molecule has 0 atom stereocenters. The van der Waals surface area contributed by atoms with Gasteiger partial charge >= 0.3 is 6.09 Å². The van der Waals surface area contributed by atoms with Gasteiger partial charge in [0, 0.05) is 44.6 Å². The zero-order valence-corrected chi connectivity index (χ0v) is 14.0. The van der Waals surface area contributed by atoms with Crippen molar-refractivity contribution in [1.29, 1.82) is 0 Å². The number of hydrogen-bond donors (Lipinski definition) is 0. The minimum absolute atomic E-state index is 0.104. The predicted molar refractivity (Wildman–Crippen MR) is 83.5 cm³/mol. The van der Waals surface area contributed by atoms with E-state index in [0.29, 0.717) is 4.90 Å². The summed E-state index contributed by atoms with van der Waals surface area (Å²) in [6.45, 7) is -2.93. The van der Waals surface area contributed by atoms with Crippen LogP contribution in [0.15, 0.2) is 0 Å². The standard InChI is InChI=1S/C14H30N2O3Si/c1-14(2,3)19-13(17)16-9-7-15(8-10-16)11-12-18-20(4,5)6/h7-12H2,1-6H3/i7D2,8D2,9D2,10D2. The number of nitrogens with zero attached hydrogens (tertiary/aromatic N) is 2. The van der Waals surface area contributed by atoms with Gasteiger partial charge in [0.25, 0.3) is 0 Å². The molecule has 1 fully saturated rings. The fourth-order valence-electron chi connectivity index (χ4n) is 1.23. The Kier molecular flexibility index (Phi) is 3.03. The van der Waals surface area contributed by atoms with Crippen molar-refractivity contribution in [1.82, 2.24) is 9.80 Å². The third-order valence-corrected chi connectivity index (χ3v) is 3.09. The summed E-state index contributed by atoms with van der Waals surface area (Å²) >= 11 is 0. The Balaban J connectivity index is 3.38. The Morgan fingerprint density at radius 1 is 1.20 bits per heavy atom. The van der Waals surface area contributed by atoms with Crippen LogP contribution < -0.4 is 0 Å². The molecule has 0 saturated carbocycles. The van der Waals surface area contributed by atoms with Crippen molar-refractivity contribution in [2.24, 2.45) is 0 Å². The number of carbonyl (C=O) groups excluding carboxylic acids is 1. The zero-order chi connectivity index (χ0) is 22.6. The Bertz CT molecular complexity index is 576. The van der Waals surface area contributed by atoms with Crippen molar-refractivity contribution in [3.05, 3.63) is 0 Å². The lowest BCUT2D eigenvalue weighted by molar-refractivity contribution is 0.0136. The second-order valence-electron chi connectivity index (χ2n) is 6.38. The van der Waals surface area contributed by atoms with E-state index in [-0.39, 0.29) is 11.5 Å². The first kappa shape index (κ1) is 8.75. The maximum atomic E-state index is 12.5. The first-order valence-corrected chi connectivity index (χ1v) is 9.95. The summed E-state index contributed by atoms with van der Waals surface area (Å²) in [5, 5.41) is 0. The molecule has 6 heteroatoms. The lowest BCUT2D eigenvalue weighted by Crippen LogP contribution is -2.50. The molecule has 1 heterocycles. The Hall–Kier alpha value is -0.593. The van der Waals surface area contributed by atoms with Crippen LogP contribution in [-0.4, -0.2) is 69.0 Å². The van der Waals surface area contributed by atoms with Crippen LogP contribution in [0.4, 0.5) is 4.79 Å². The molecule has 118 valence electrons. The largest absolute Gasteiger partial charge is 0.444 e.